The first-order valence-electron chi connectivity index (χ1n) is 6.57. The van der Waals surface area contributed by atoms with E-state index in [9.17, 15) is 4.39 Å². The van der Waals surface area contributed by atoms with Crippen molar-refractivity contribution in [2.24, 2.45) is 0 Å². The summed E-state index contributed by atoms with van der Waals surface area (Å²) in [5.74, 6) is -0.193. The summed E-state index contributed by atoms with van der Waals surface area (Å²) < 4.78 is 13.1. The van der Waals surface area contributed by atoms with Gasteiger partial charge in [0.1, 0.15) is 5.82 Å². The summed E-state index contributed by atoms with van der Waals surface area (Å²) in [6.07, 6.45) is 0. The van der Waals surface area contributed by atoms with Crippen LogP contribution in [0.15, 0.2) is 36.4 Å². The Kier molecular flexibility index (Phi) is 3.89. The first kappa shape index (κ1) is 13.6. The maximum Gasteiger partial charge on any atom is 0.123 e. The Morgan fingerprint density at radius 3 is 2.26 bits per heavy atom. The van der Waals surface area contributed by atoms with Gasteiger partial charge >= 0.3 is 0 Å². The predicted molar refractivity (Wildman–Crippen MR) is 79.1 cm³/mol. The molecule has 2 heteroatoms. The summed E-state index contributed by atoms with van der Waals surface area (Å²) in [4.78, 5) is 0. The number of benzene rings is 2. The molecule has 1 unspecified atom stereocenters. The molecule has 0 aromatic heterocycles. The minimum Gasteiger partial charge on any atom is -0.378 e. The van der Waals surface area contributed by atoms with E-state index in [2.05, 4.69) is 44.3 Å². The largest absolute Gasteiger partial charge is 0.378 e. The molecule has 19 heavy (non-hydrogen) atoms. The van der Waals surface area contributed by atoms with E-state index in [-0.39, 0.29) is 11.9 Å². The Balaban J connectivity index is 2.20. The third-order valence-corrected chi connectivity index (χ3v) is 3.59. The molecule has 1 atom stereocenters. The number of anilines is 1. The van der Waals surface area contributed by atoms with E-state index < -0.39 is 0 Å². The lowest BCUT2D eigenvalue weighted by Gasteiger charge is -2.18. The molecule has 0 amide bonds. The Hall–Kier alpha value is -1.83. The topological polar surface area (TPSA) is 12.0 Å². The number of nitrogens with one attached hydrogen (secondary N) is 1. The Morgan fingerprint density at radius 1 is 0.895 bits per heavy atom. The van der Waals surface area contributed by atoms with E-state index in [4.69, 9.17) is 0 Å². The molecule has 0 radical (unpaired) electrons. The Morgan fingerprint density at radius 2 is 1.63 bits per heavy atom. The van der Waals surface area contributed by atoms with E-state index in [0.29, 0.717) is 0 Å². The molecule has 0 fully saturated rings. The average molecular weight is 257 g/mol. The maximum absolute atomic E-state index is 13.1. The molecule has 100 valence electrons. The number of halogens is 1. The van der Waals surface area contributed by atoms with Crippen LogP contribution in [0.1, 0.15) is 35.2 Å². The summed E-state index contributed by atoms with van der Waals surface area (Å²) in [5, 5.41) is 3.43. The second kappa shape index (κ2) is 5.43. The van der Waals surface area contributed by atoms with Gasteiger partial charge in [-0.05, 0) is 68.1 Å². The van der Waals surface area contributed by atoms with E-state index in [0.717, 1.165) is 11.3 Å². The highest BCUT2D eigenvalue weighted by Crippen LogP contribution is 2.24. The lowest BCUT2D eigenvalue weighted by molar-refractivity contribution is 0.626. The quantitative estimate of drug-likeness (QED) is 0.822. The highest BCUT2D eigenvalue weighted by molar-refractivity contribution is 5.52. The van der Waals surface area contributed by atoms with Crippen LogP contribution in [0.2, 0.25) is 0 Å². The molecule has 2 rings (SSSR count). The van der Waals surface area contributed by atoms with E-state index in [1.807, 2.05) is 6.92 Å². The van der Waals surface area contributed by atoms with Crippen LogP contribution in [0.5, 0.6) is 0 Å². The van der Waals surface area contributed by atoms with Gasteiger partial charge in [0.15, 0.2) is 0 Å². The molecule has 1 nitrogen and oxygen atoms in total. The van der Waals surface area contributed by atoms with Crippen LogP contribution < -0.4 is 5.32 Å². The molecule has 0 saturated carbocycles. The van der Waals surface area contributed by atoms with Crippen LogP contribution in [0.25, 0.3) is 0 Å². The fourth-order valence-corrected chi connectivity index (χ4v) is 2.14. The molecule has 0 spiro atoms. The zero-order valence-corrected chi connectivity index (χ0v) is 11.9. The Labute approximate surface area is 114 Å². The third-order valence-electron chi connectivity index (χ3n) is 3.59. The smallest absolute Gasteiger partial charge is 0.123 e. The minimum absolute atomic E-state index is 0.193. The van der Waals surface area contributed by atoms with Crippen LogP contribution >= 0.6 is 0 Å². The molecule has 1 N–H and O–H groups in total. The van der Waals surface area contributed by atoms with Gasteiger partial charge in [0.25, 0.3) is 0 Å². The molecule has 0 saturated heterocycles. The van der Waals surface area contributed by atoms with Crippen molar-refractivity contribution >= 4 is 5.69 Å². The monoisotopic (exact) mass is 257 g/mol. The van der Waals surface area contributed by atoms with Crippen molar-refractivity contribution in [3.63, 3.8) is 0 Å². The van der Waals surface area contributed by atoms with Gasteiger partial charge in [0.05, 0.1) is 0 Å². The molecule has 2 aromatic rings. The zero-order chi connectivity index (χ0) is 14.0. The highest BCUT2D eigenvalue weighted by Gasteiger charge is 2.08. The van der Waals surface area contributed by atoms with Crippen LogP contribution in [-0.2, 0) is 0 Å². The van der Waals surface area contributed by atoms with Crippen molar-refractivity contribution in [2.45, 2.75) is 33.7 Å². The van der Waals surface area contributed by atoms with Crippen molar-refractivity contribution in [3.8, 4) is 0 Å². The molecule has 2 aromatic carbocycles. The number of hydrogen-bond acceptors (Lipinski definition) is 1. The maximum atomic E-state index is 13.1. The van der Waals surface area contributed by atoms with Crippen LogP contribution in [0.4, 0.5) is 10.1 Å². The van der Waals surface area contributed by atoms with Gasteiger partial charge in [-0.1, -0.05) is 18.2 Å². The summed E-state index contributed by atoms with van der Waals surface area (Å²) >= 11 is 0. The second-order valence-electron chi connectivity index (χ2n) is 5.17. The third kappa shape index (κ3) is 3.14. The summed E-state index contributed by atoms with van der Waals surface area (Å²) in [5.41, 5.74) is 5.74. The lowest BCUT2D eigenvalue weighted by Crippen LogP contribution is -2.08. The fourth-order valence-electron chi connectivity index (χ4n) is 2.14. The normalized spacial score (nSPS) is 12.3. The van der Waals surface area contributed by atoms with E-state index in [1.54, 1.807) is 12.1 Å². The predicted octanol–water partition coefficient (Wildman–Crippen LogP) is 4.92. The SMILES string of the molecule is Cc1ccc(C(C)Nc2ccc(F)cc2C)cc1C. The van der Waals surface area contributed by atoms with Gasteiger partial charge in [-0.2, -0.15) is 0 Å². The van der Waals surface area contributed by atoms with Crippen LogP contribution in [0, 0.1) is 26.6 Å². The molecule has 0 aliphatic carbocycles. The number of hydrogen-bond donors (Lipinski definition) is 1. The lowest BCUT2D eigenvalue weighted by atomic mass is 10.0. The molecular weight excluding hydrogens is 237 g/mol. The average Bonchev–Trinajstić information content (AvgIpc) is 2.36. The number of aryl methyl sites for hydroxylation is 3. The van der Waals surface area contributed by atoms with Gasteiger partial charge in [-0.25, -0.2) is 4.39 Å². The second-order valence-corrected chi connectivity index (χ2v) is 5.17. The van der Waals surface area contributed by atoms with Crippen molar-refractivity contribution in [1.29, 1.82) is 0 Å². The van der Waals surface area contributed by atoms with E-state index >= 15 is 0 Å². The van der Waals surface area contributed by atoms with Crippen LogP contribution in [-0.4, -0.2) is 0 Å². The standard InChI is InChI=1S/C17H20FN/c1-11-5-6-15(9-12(11)2)14(4)19-17-8-7-16(18)10-13(17)3/h5-10,14,19H,1-4H3. The molecule has 0 aliphatic heterocycles. The van der Waals surface area contributed by atoms with Crippen molar-refractivity contribution < 1.29 is 4.39 Å². The van der Waals surface area contributed by atoms with Crippen molar-refractivity contribution in [1.82, 2.24) is 0 Å². The number of rotatable bonds is 3. The summed E-state index contributed by atoms with van der Waals surface area (Å²) in [7, 11) is 0. The van der Waals surface area contributed by atoms with Gasteiger partial charge in [-0.15, -0.1) is 0 Å². The van der Waals surface area contributed by atoms with Gasteiger partial charge in [0.2, 0.25) is 0 Å². The van der Waals surface area contributed by atoms with Crippen LogP contribution in [0.3, 0.4) is 0 Å². The van der Waals surface area contributed by atoms with Gasteiger partial charge in [0, 0.05) is 11.7 Å². The molecule has 0 aliphatic rings. The van der Waals surface area contributed by atoms with Gasteiger partial charge < -0.3 is 5.32 Å². The fraction of sp³-hybridized carbons (Fsp3) is 0.294. The first-order valence-corrected chi connectivity index (χ1v) is 6.57. The first-order chi connectivity index (χ1) is 8.97. The van der Waals surface area contributed by atoms with Gasteiger partial charge in [-0.3, -0.25) is 0 Å². The Bertz CT molecular complexity index is 590. The highest BCUT2D eigenvalue weighted by atomic mass is 19.1. The summed E-state index contributed by atoms with van der Waals surface area (Å²) in [6.45, 7) is 8.27. The molecule has 0 bridgehead atoms. The molecule has 0 heterocycles. The zero-order valence-electron chi connectivity index (χ0n) is 11.9. The molecular formula is C17H20FN. The summed E-state index contributed by atoms with van der Waals surface area (Å²) in [6, 6.07) is 11.5. The van der Waals surface area contributed by atoms with Crippen molar-refractivity contribution in [2.75, 3.05) is 5.32 Å². The van der Waals surface area contributed by atoms with Crippen molar-refractivity contribution in [3.05, 3.63) is 64.5 Å². The van der Waals surface area contributed by atoms with E-state index in [1.165, 1.54) is 22.8 Å². The minimum atomic E-state index is -0.193.